The van der Waals surface area contributed by atoms with Gasteiger partial charge in [0.2, 0.25) is 0 Å². The highest BCUT2D eigenvalue weighted by molar-refractivity contribution is 5.73. The average Bonchev–Trinajstić information content (AvgIpc) is 1.99. The van der Waals surface area contributed by atoms with E-state index in [9.17, 15) is 4.79 Å². The van der Waals surface area contributed by atoms with E-state index in [1.54, 1.807) is 0 Å². The fourth-order valence-corrected chi connectivity index (χ4v) is 0.615. The van der Waals surface area contributed by atoms with Crippen LogP contribution in [0.3, 0.4) is 0 Å². The Bertz CT molecular complexity index is 149. The predicted molar refractivity (Wildman–Crippen MR) is 45.1 cm³/mol. The van der Waals surface area contributed by atoms with Gasteiger partial charge in [-0.15, -0.1) is 12.3 Å². The lowest BCUT2D eigenvalue weighted by Crippen LogP contribution is -2.35. The van der Waals surface area contributed by atoms with Gasteiger partial charge in [0.15, 0.2) is 0 Å². The lowest BCUT2D eigenvalue weighted by molar-refractivity contribution is 0.241. The van der Waals surface area contributed by atoms with Gasteiger partial charge in [-0.3, -0.25) is 0 Å². The number of rotatable bonds is 4. The van der Waals surface area contributed by atoms with Gasteiger partial charge >= 0.3 is 6.03 Å². The monoisotopic (exact) mass is 154 g/mol. The van der Waals surface area contributed by atoms with Crippen molar-refractivity contribution >= 4 is 6.03 Å². The van der Waals surface area contributed by atoms with Gasteiger partial charge in [-0.05, 0) is 13.3 Å². The van der Waals surface area contributed by atoms with E-state index in [0.717, 1.165) is 6.42 Å². The van der Waals surface area contributed by atoms with Crippen molar-refractivity contribution in [2.75, 3.05) is 13.1 Å². The molecule has 11 heavy (non-hydrogen) atoms. The van der Waals surface area contributed by atoms with Crippen LogP contribution >= 0.6 is 0 Å². The van der Waals surface area contributed by atoms with E-state index in [4.69, 9.17) is 6.42 Å². The van der Waals surface area contributed by atoms with E-state index in [0.29, 0.717) is 19.5 Å². The molecule has 2 N–H and O–H groups in total. The van der Waals surface area contributed by atoms with Crippen molar-refractivity contribution in [2.45, 2.75) is 19.8 Å². The van der Waals surface area contributed by atoms with Gasteiger partial charge in [0.05, 0.1) is 0 Å². The van der Waals surface area contributed by atoms with Crippen molar-refractivity contribution in [3.63, 3.8) is 0 Å². The number of carbonyl (C=O) groups excluding carboxylic acids is 1. The SMILES string of the molecule is C#CCCCNC(=O)NCC. The molecule has 0 bridgehead atoms. The number of amides is 2. The largest absolute Gasteiger partial charge is 0.338 e. The lowest BCUT2D eigenvalue weighted by Gasteiger charge is -2.03. The minimum atomic E-state index is -0.121. The third-order valence-electron chi connectivity index (χ3n) is 1.12. The zero-order valence-electron chi connectivity index (χ0n) is 6.81. The van der Waals surface area contributed by atoms with E-state index in [2.05, 4.69) is 16.6 Å². The van der Waals surface area contributed by atoms with E-state index >= 15 is 0 Å². The first-order chi connectivity index (χ1) is 5.31. The summed E-state index contributed by atoms with van der Waals surface area (Å²) < 4.78 is 0. The summed E-state index contributed by atoms with van der Waals surface area (Å²) in [5.74, 6) is 2.50. The Morgan fingerprint density at radius 2 is 2.27 bits per heavy atom. The van der Waals surface area contributed by atoms with Crippen LogP contribution in [0.2, 0.25) is 0 Å². The third kappa shape index (κ3) is 6.72. The van der Waals surface area contributed by atoms with Crippen LogP contribution in [0.25, 0.3) is 0 Å². The third-order valence-corrected chi connectivity index (χ3v) is 1.12. The fourth-order valence-electron chi connectivity index (χ4n) is 0.615. The Balaban J connectivity index is 3.12. The lowest BCUT2D eigenvalue weighted by atomic mass is 10.3. The van der Waals surface area contributed by atoms with Gasteiger partial charge in [-0.1, -0.05) is 0 Å². The number of unbranched alkanes of at least 4 members (excludes halogenated alkanes) is 1. The molecule has 0 aromatic carbocycles. The zero-order chi connectivity index (χ0) is 8.53. The Labute approximate surface area is 67.6 Å². The molecule has 0 spiro atoms. The van der Waals surface area contributed by atoms with Crippen LogP contribution in [0.4, 0.5) is 4.79 Å². The molecule has 0 rings (SSSR count). The van der Waals surface area contributed by atoms with Gasteiger partial charge in [-0.2, -0.15) is 0 Å². The predicted octanol–water partition coefficient (Wildman–Crippen LogP) is 0.719. The van der Waals surface area contributed by atoms with E-state index in [-0.39, 0.29) is 6.03 Å². The second-order valence-corrected chi connectivity index (χ2v) is 2.09. The number of hydrogen-bond acceptors (Lipinski definition) is 1. The summed E-state index contributed by atoms with van der Waals surface area (Å²) in [4.78, 5) is 10.7. The van der Waals surface area contributed by atoms with Gasteiger partial charge in [0, 0.05) is 19.5 Å². The molecule has 0 fully saturated rings. The molecule has 0 unspecified atom stereocenters. The summed E-state index contributed by atoms with van der Waals surface area (Å²) in [7, 11) is 0. The van der Waals surface area contributed by atoms with Crippen LogP contribution in [0.1, 0.15) is 19.8 Å². The van der Waals surface area contributed by atoms with Gasteiger partial charge < -0.3 is 10.6 Å². The Morgan fingerprint density at radius 1 is 1.55 bits per heavy atom. The Hall–Kier alpha value is -1.17. The maximum Gasteiger partial charge on any atom is 0.314 e. The molecular formula is C8H14N2O. The van der Waals surface area contributed by atoms with E-state index in [1.165, 1.54) is 0 Å². The molecule has 3 heteroatoms. The van der Waals surface area contributed by atoms with Crippen LogP contribution in [0.15, 0.2) is 0 Å². The molecule has 0 aliphatic carbocycles. The van der Waals surface area contributed by atoms with Gasteiger partial charge in [-0.25, -0.2) is 4.79 Å². The molecule has 0 heterocycles. The number of hydrogen-bond donors (Lipinski definition) is 2. The van der Waals surface area contributed by atoms with Crippen LogP contribution in [-0.4, -0.2) is 19.1 Å². The first-order valence-corrected chi connectivity index (χ1v) is 3.76. The first-order valence-electron chi connectivity index (χ1n) is 3.76. The molecule has 3 nitrogen and oxygen atoms in total. The average molecular weight is 154 g/mol. The molecule has 0 aliphatic heterocycles. The fraction of sp³-hybridized carbons (Fsp3) is 0.625. The summed E-state index contributed by atoms with van der Waals surface area (Å²) in [6.45, 7) is 3.18. The van der Waals surface area contributed by atoms with Crippen molar-refractivity contribution in [1.29, 1.82) is 0 Å². The molecule has 0 saturated heterocycles. The van der Waals surface area contributed by atoms with Gasteiger partial charge in [0.1, 0.15) is 0 Å². The summed E-state index contributed by atoms with van der Waals surface area (Å²) in [6.07, 6.45) is 6.58. The molecular weight excluding hydrogens is 140 g/mol. The van der Waals surface area contributed by atoms with Crippen molar-refractivity contribution in [3.8, 4) is 12.3 Å². The van der Waals surface area contributed by atoms with Crippen LogP contribution in [0, 0.1) is 12.3 Å². The standard InChI is InChI=1S/C8H14N2O/c1-3-5-6-7-10-8(11)9-4-2/h1H,4-7H2,2H3,(H2,9,10,11). The Kier molecular flexibility index (Phi) is 6.20. The molecule has 0 aromatic heterocycles. The summed E-state index contributed by atoms with van der Waals surface area (Å²) in [5.41, 5.74) is 0. The van der Waals surface area contributed by atoms with Crippen LogP contribution in [-0.2, 0) is 0 Å². The van der Waals surface area contributed by atoms with Crippen LogP contribution < -0.4 is 10.6 Å². The molecule has 2 amide bonds. The second kappa shape index (κ2) is 6.94. The second-order valence-electron chi connectivity index (χ2n) is 2.09. The highest BCUT2D eigenvalue weighted by Crippen LogP contribution is 1.81. The van der Waals surface area contributed by atoms with E-state index in [1.807, 2.05) is 6.92 Å². The van der Waals surface area contributed by atoms with E-state index < -0.39 is 0 Å². The number of terminal acetylenes is 1. The molecule has 0 aromatic rings. The minimum absolute atomic E-state index is 0.121. The highest BCUT2D eigenvalue weighted by atomic mass is 16.2. The first kappa shape index (κ1) is 9.83. The highest BCUT2D eigenvalue weighted by Gasteiger charge is 1.93. The summed E-state index contributed by atoms with van der Waals surface area (Å²) in [5, 5.41) is 5.29. The smallest absolute Gasteiger partial charge is 0.314 e. The van der Waals surface area contributed by atoms with Crippen molar-refractivity contribution < 1.29 is 4.79 Å². The molecule has 62 valence electrons. The van der Waals surface area contributed by atoms with Gasteiger partial charge in [0.25, 0.3) is 0 Å². The summed E-state index contributed by atoms with van der Waals surface area (Å²) >= 11 is 0. The minimum Gasteiger partial charge on any atom is -0.338 e. The maximum atomic E-state index is 10.7. The molecule has 0 aliphatic rings. The zero-order valence-corrected chi connectivity index (χ0v) is 6.81. The number of carbonyl (C=O) groups is 1. The normalized spacial score (nSPS) is 8.36. The van der Waals surface area contributed by atoms with Crippen molar-refractivity contribution in [3.05, 3.63) is 0 Å². The topological polar surface area (TPSA) is 41.1 Å². The quantitative estimate of drug-likeness (QED) is 0.454. The summed E-state index contributed by atoms with van der Waals surface area (Å²) in [6, 6.07) is -0.121. The maximum absolute atomic E-state index is 10.7. The van der Waals surface area contributed by atoms with Crippen molar-refractivity contribution in [1.82, 2.24) is 10.6 Å². The number of nitrogens with one attached hydrogen (secondary N) is 2. The molecule has 0 radical (unpaired) electrons. The number of urea groups is 1. The molecule has 0 saturated carbocycles. The molecule has 0 atom stereocenters. The van der Waals surface area contributed by atoms with Crippen molar-refractivity contribution in [2.24, 2.45) is 0 Å². The Morgan fingerprint density at radius 3 is 2.82 bits per heavy atom. The van der Waals surface area contributed by atoms with Crippen LogP contribution in [0.5, 0.6) is 0 Å².